The van der Waals surface area contributed by atoms with E-state index in [4.69, 9.17) is 8.92 Å². The molecule has 0 bridgehead atoms. The Kier molecular flexibility index (Phi) is 6.26. The van der Waals surface area contributed by atoms with Gasteiger partial charge in [-0.15, -0.1) is 0 Å². The van der Waals surface area contributed by atoms with Crippen molar-refractivity contribution in [1.29, 1.82) is 0 Å². The van der Waals surface area contributed by atoms with E-state index in [0.717, 1.165) is 0 Å². The lowest BCUT2D eigenvalue weighted by molar-refractivity contribution is 0.0532. The molecule has 139 valence electrons. The number of ether oxygens (including phenoxy) is 1. The van der Waals surface area contributed by atoms with E-state index in [-0.39, 0.29) is 17.2 Å². The van der Waals surface area contributed by atoms with E-state index in [9.17, 15) is 13.2 Å². The summed E-state index contributed by atoms with van der Waals surface area (Å²) >= 11 is 0. The Morgan fingerprint density at radius 1 is 1.04 bits per heavy atom. The molecule has 0 unspecified atom stereocenters. The fourth-order valence-corrected chi connectivity index (χ4v) is 3.01. The van der Waals surface area contributed by atoms with Gasteiger partial charge in [0.2, 0.25) is 0 Å². The minimum absolute atomic E-state index is 0.0710. The summed E-state index contributed by atoms with van der Waals surface area (Å²) < 4.78 is 35.1. The van der Waals surface area contributed by atoms with Crippen molar-refractivity contribution in [3.8, 4) is 5.75 Å². The molecule has 0 saturated heterocycles. The Morgan fingerprint density at radius 2 is 1.65 bits per heavy atom. The molecule has 7 heteroatoms. The molecule has 0 aromatic heterocycles. The Labute approximate surface area is 154 Å². The minimum atomic E-state index is -3.93. The van der Waals surface area contributed by atoms with E-state index in [1.807, 2.05) is 0 Å². The van der Waals surface area contributed by atoms with Gasteiger partial charge >= 0.3 is 16.2 Å². The third-order valence-corrected chi connectivity index (χ3v) is 4.37. The van der Waals surface area contributed by atoms with Crippen molar-refractivity contribution < 1.29 is 22.1 Å². The average molecular weight is 376 g/mol. The van der Waals surface area contributed by atoms with Crippen LogP contribution in [0.5, 0.6) is 5.75 Å². The number of carbonyl (C=O) groups is 1. The summed E-state index contributed by atoms with van der Waals surface area (Å²) in [5.41, 5.74) is -0.0439. The number of carbonyl (C=O) groups excluding carboxylic acids is 1. The molecular weight excluding hydrogens is 354 g/mol. The Hall–Kier alpha value is -2.54. The SMILES string of the molecule is CC(C)(C)OC(=O)NC[CH]c1ccccc1OS(=O)(=O)c1ccccc1. The molecule has 0 fully saturated rings. The molecule has 0 spiro atoms. The predicted molar refractivity (Wildman–Crippen MR) is 98.3 cm³/mol. The van der Waals surface area contributed by atoms with Crippen molar-refractivity contribution in [3.05, 3.63) is 66.6 Å². The highest BCUT2D eigenvalue weighted by Gasteiger charge is 2.19. The van der Waals surface area contributed by atoms with Gasteiger partial charge in [-0.1, -0.05) is 36.4 Å². The van der Waals surface area contributed by atoms with Gasteiger partial charge < -0.3 is 14.2 Å². The summed E-state index contributed by atoms with van der Waals surface area (Å²) in [7, 11) is -3.93. The number of nitrogens with one attached hydrogen (secondary N) is 1. The number of benzene rings is 2. The molecule has 0 aliphatic heterocycles. The van der Waals surface area contributed by atoms with Crippen LogP contribution in [-0.4, -0.2) is 26.7 Å². The van der Waals surface area contributed by atoms with Crippen LogP contribution in [0, 0.1) is 6.42 Å². The largest absolute Gasteiger partial charge is 0.444 e. The Morgan fingerprint density at radius 3 is 2.31 bits per heavy atom. The van der Waals surface area contributed by atoms with Crippen molar-refractivity contribution in [1.82, 2.24) is 5.32 Å². The van der Waals surface area contributed by atoms with E-state index in [0.29, 0.717) is 5.56 Å². The third kappa shape index (κ3) is 6.07. The molecular formula is C19H22NO5S. The van der Waals surface area contributed by atoms with E-state index in [2.05, 4.69) is 5.32 Å². The zero-order valence-electron chi connectivity index (χ0n) is 14.9. The Bertz CT molecular complexity index is 842. The van der Waals surface area contributed by atoms with E-state index >= 15 is 0 Å². The summed E-state index contributed by atoms with van der Waals surface area (Å²) in [5.74, 6) is 0.183. The van der Waals surface area contributed by atoms with E-state index in [1.54, 1.807) is 69.7 Å². The topological polar surface area (TPSA) is 81.7 Å². The maximum atomic E-state index is 12.4. The van der Waals surface area contributed by atoms with Crippen molar-refractivity contribution in [2.24, 2.45) is 0 Å². The number of hydrogen-bond donors (Lipinski definition) is 1. The molecule has 0 aliphatic carbocycles. The van der Waals surface area contributed by atoms with Crippen LogP contribution in [0.1, 0.15) is 26.3 Å². The monoisotopic (exact) mass is 376 g/mol. The Balaban J connectivity index is 2.03. The van der Waals surface area contributed by atoms with Gasteiger partial charge in [0.1, 0.15) is 16.2 Å². The number of rotatable bonds is 6. The predicted octanol–water partition coefficient (Wildman–Crippen LogP) is 3.53. The van der Waals surface area contributed by atoms with Crippen LogP contribution in [0.4, 0.5) is 4.79 Å². The molecule has 0 aliphatic rings. The maximum Gasteiger partial charge on any atom is 0.407 e. The van der Waals surface area contributed by atoms with E-state index < -0.39 is 21.8 Å². The van der Waals surface area contributed by atoms with Crippen LogP contribution in [-0.2, 0) is 14.9 Å². The summed E-state index contributed by atoms with van der Waals surface area (Å²) in [4.78, 5) is 11.7. The summed E-state index contributed by atoms with van der Waals surface area (Å²) in [5, 5.41) is 2.59. The smallest absolute Gasteiger partial charge is 0.407 e. The molecule has 1 radical (unpaired) electrons. The van der Waals surface area contributed by atoms with Crippen LogP contribution in [0.25, 0.3) is 0 Å². The normalized spacial score (nSPS) is 11.7. The van der Waals surface area contributed by atoms with E-state index in [1.165, 1.54) is 12.1 Å². The average Bonchev–Trinajstić information content (AvgIpc) is 2.55. The zero-order chi connectivity index (χ0) is 19.2. The van der Waals surface area contributed by atoms with Gasteiger partial charge in [0.25, 0.3) is 0 Å². The van der Waals surface area contributed by atoms with Gasteiger partial charge in [-0.3, -0.25) is 0 Å². The summed E-state index contributed by atoms with van der Waals surface area (Å²) in [6.07, 6.45) is 1.10. The molecule has 6 nitrogen and oxygen atoms in total. The van der Waals surface area contributed by atoms with Crippen molar-refractivity contribution in [2.75, 3.05) is 6.54 Å². The maximum absolute atomic E-state index is 12.4. The van der Waals surface area contributed by atoms with Crippen molar-refractivity contribution >= 4 is 16.2 Å². The first-order chi connectivity index (χ1) is 12.2. The second-order valence-corrected chi connectivity index (χ2v) is 8.02. The molecule has 1 amide bonds. The molecule has 1 N–H and O–H groups in total. The first-order valence-electron chi connectivity index (χ1n) is 8.06. The fourth-order valence-electron chi connectivity index (χ4n) is 2.04. The molecule has 0 heterocycles. The first kappa shape index (κ1) is 19.8. The standard InChI is InChI=1S/C19H22NO5S/c1-19(2,3)24-18(21)20-14-13-15-9-7-8-12-17(15)25-26(22,23)16-10-5-4-6-11-16/h4-13H,14H2,1-3H3,(H,20,21). The van der Waals surface area contributed by atoms with Gasteiger partial charge in [-0.2, -0.15) is 8.42 Å². The van der Waals surface area contributed by atoms with Crippen molar-refractivity contribution in [2.45, 2.75) is 31.3 Å². The van der Waals surface area contributed by atoms with Crippen LogP contribution in [0.3, 0.4) is 0 Å². The third-order valence-electron chi connectivity index (χ3n) is 3.12. The highest BCUT2D eigenvalue weighted by atomic mass is 32.2. The lowest BCUT2D eigenvalue weighted by Gasteiger charge is -2.19. The molecule has 2 aromatic rings. The van der Waals surface area contributed by atoms with Gasteiger partial charge in [-0.25, -0.2) is 4.79 Å². The number of amides is 1. The fraction of sp³-hybridized carbons (Fsp3) is 0.263. The quantitative estimate of drug-likeness (QED) is 0.780. The molecule has 0 atom stereocenters. The number of hydrogen-bond acceptors (Lipinski definition) is 5. The van der Waals surface area contributed by atoms with Crippen molar-refractivity contribution in [3.63, 3.8) is 0 Å². The van der Waals surface area contributed by atoms with Crippen LogP contribution in [0.2, 0.25) is 0 Å². The second kappa shape index (κ2) is 8.23. The van der Waals surface area contributed by atoms with Crippen LogP contribution >= 0.6 is 0 Å². The summed E-state index contributed by atoms with van der Waals surface area (Å²) in [6.45, 7) is 5.48. The lowest BCUT2D eigenvalue weighted by Crippen LogP contribution is -2.33. The van der Waals surface area contributed by atoms with Gasteiger partial charge in [0.05, 0.1) is 0 Å². The van der Waals surface area contributed by atoms with Crippen LogP contribution in [0.15, 0.2) is 59.5 Å². The van der Waals surface area contributed by atoms with Gasteiger partial charge in [0, 0.05) is 18.5 Å². The molecule has 2 aromatic carbocycles. The second-order valence-electron chi connectivity index (χ2n) is 6.48. The molecule has 2 rings (SSSR count). The van der Waals surface area contributed by atoms with Crippen LogP contribution < -0.4 is 9.50 Å². The molecule has 0 saturated carbocycles. The lowest BCUT2D eigenvalue weighted by atomic mass is 10.1. The van der Waals surface area contributed by atoms with Gasteiger partial charge in [-0.05, 0) is 39.0 Å². The number of alkyl carbamates (subject to hydrolysis) is 1. The minimum Gasteiger partial charge on any atom is -0.444 e. The van der Waals surface area contributed by atoms with Gasteiger partial charge in [0.15, 0.2) is 0 Å². The highest BCUT2D eigenvalue weighted by Crippen LogP contribution is 2.24. The molecule has 26 heavy (non-hydrogen) atoms. The number of para-hydroxylation sites is 1. The summed E-state index contributed by atoms with van der Waals surface area (Å²) in [6, 6.07) is 14.6. The highest BCUT2D eigenvalue weighted by molar-refractivity contribution is 7.87. The zero-order valence-corrected chi connectivity index (χ0v) is 15.7. The first-order valence-corrected chi connectivity index (χ1v) is 9.47.